The van der Waals surface area contributed by atoms with E-state index >= 15 is 0 Å². The molecule has 3 rings (SSSR count). The molecule has 6 heteroatoms. The summed E-state index contributed by atoms with van der Waals surface area (Å²) in [6.07, 6.45) is 0. The van der Waals surface area contributed by atoms with Crippen LogP contribution in [0.5, 0.6) is 11.5 Å². The van der Waals surface area contributed by atoms with Gasteiger partial charge in [-0.2, -0.15) is 0 Å². The highest BCUT2D eigenvalue weighted by Crippen LogP contribution is 2.43. The number of piperidine rings is 1. The Morgan fingerprint density at radius 1 is 0.840 bits per heavy atom. The number of Topliss-reactive ketones (excluding diaryl/α,β-unsaturated/α-hetero) is 1. The van der Waals surface area contributed by atoms with E-state index in [-0.39, 0.29) is 41.2 Å². The molecular formula is C19H19Br2NO3. The molecule has 0 aromatic heterocycles. The number of benzene rings is 2. The van der Waals surface area contributed by atoms with E-state index in [0.717, 1.165) is 8.95 Å². The quantitative estimate of drug-likeness (QED) is 0.589. The van der Waals surface area contributed by atoms with E-state index < -0.39 is 0 Å². The summed E-state index contributed by atoms with van der Waals surface area (Å²) in [7, 11) is 0. The molecule has 1 fully saturated rings. The van der Waals surface area contributed by atoms with Gasteiger partial charge in [-0.25, -0.2) is 0 Å². The first-order valence-corrected chi connectivity index (χ1v) is 9.64. The lowest BCUT2D eigenvalue weighted by Gasteiger charge is -2.40. The van der Waals surface area contributed by atoms with Crippen LogP contribution in [-0.2, 0) is 4.79 Å². The van der Waals surface area contributed by atoms with Gasteiger partial charge in [-0.3, -0.25) is 4.79 Å². The normalized spacial score (nSPS) is 26.6. The molecule has 1 saturated heterocycles. The number of carbonyl (C=O) groups is 1. The second-order valence-corrected chi connectivity index (χ2v) is 8.34. The summed E-state index contributed by atoms with van der Waals surface area (Å²) < 4.78 is 1.67. The van der Waals surface area contributed by atoms with Crippen LogP contribution < -0.4 is 5.32 Å². The second kappa shape index (κ2) is 7.09. The van der Waals surface area contributed by atoms with E-state index in [0.29, 0.717) is 11.1 Å². The average Bonchev–Trinajstić information content (AvgIpc) is 2.58. The van der Waals surface area contributed by atoms with Crippen LogP contribution in [-0.4, -0.2) is 16.0 Å². The molecule has 2 aromatic carbocycles. The summed E-state index contributed by atoms with van der Waals surface area (Å²) in [6, 6.07) is 9.70. The summed E-state index contributed by atoms with van der Waals surface area (Å²) in [4.78, 5) is 12.9. The molecule has 4 atom stereocenters. The molecule has 0 amide bonds. The van der Waals surface area contributed by atoms with Crippen LogP contribution in [0, 0.1) is 11.8 Å². The van der Waals surface area contributed by atoms with Crippen molar-refractivity contribution in [2.45, 2.75) is 25.9 Å². The Labute approximate surface area is 163 Å². The molecule has 1 heterocycles. The highest BCUT2D eigenvalue weighted by Gasteiger charge is 2.41. The summed E-state index contributed by atoms with van der Waals surface area (Å²) in [6.45, 7) is 3.74. The summed E-state index contributed by atoms with van der Waals surface area (Å²) in [5.74, 6) is -0.187. The molecule has 1 aliphatic rings. The minimum absolute atomic E-state index is 0.104. The maximum Gasteiger partial charge on any atom is 0.142 e. The summed E-state index contributed by atoms with van der Waals surface area (Å²) >= 11 is 6.84. The number of phenolic OH excluding ortho intramolecular Hbond substituents is 2. The molecular weight excluding hydrogens is 450 g/mol. The van der Waals surface area contributed by atoms with Gasteiger partial charge in [0.25, 0.3) is 0 Å². The van der Waals surface area contributed by atoms with Crippen LogP contribution >= 0.6 is 31.9 Å². The number of hydrogen-bond acceptors (Lipinski definition) is 4. The number of ketones is 1. The van der Waals surface area contributed by atoms with Crippen LogP contribution in [0.1, 0.15) is 37.1 Å². The van der Waals surface area contributed by atoms with Gasteiger partial charge in [-0.1, -0.05) is 45.7 Å². The number of phenols is 2. The summed E-state index contributed by atoms with van der Waals surface area (Å²) in [5, 5.41) is 24.0. The number of nitrogens with one attached hydrogen (secondary N) is 1. The van der Waals surface area contributed by atoms with Crippen LogP contribution in [0.2, 0.25) is 0 Å². The Bertz CT molecular complexity index is 759. The monoisotopic (exact) mass is 467 g/mol. The molecule has 2 aromatic rings. The minimum Gasteiger partial charge on any atom is -0.508 e. The van der Waals surface area contributed by atoms with Crippen molar-refractivity contribution in [1.29, 1.82) is 0 Å². The van der Waals surface area contributed by atoms with Crippen molar-refractivity contribution in [3.63, 3.8) is 0 Å². The fourth-order valence-corrected chi connectivity index (χ4v) is 4.25. The second-order valence-electron chi connectivity index (χ2n) is 6.51. The van der Waals surface area contributed by atoms with Crippen molar-refractivity contribution < 1.29 is 15.0 Å². The Kier molecular flexibility index (Phi) is 5.23. The minimum atomic E-state index is -0.343. The lowest BCUT2D eigenvalue weighted by atomic mass is 9.76. The number of aromatic hydroxyl groups is 2. The average molecular weight is 469 g/mol. The van der Waals surface area contributed by atoms with Crippen molar-refractivity contribution in [3.05, 3.63) is 56.5 Å². The van der Waals surface area contributed by atoms with E-state index in [4.69, 9.17) is 0 Å². The van der Waals surface area contributed by atoms with Crippen molar-refractivity contribution in [2.75, 3.05) is 0 Å². The fourth-order valence-electron chi connectivity index (χ4n) is 3.49. The molecule has 25 heavy (non-hydrogen) atoms. The lowest BCUT2D eigenvalue weighted by Crippen LogP contribution is -2.46. The van der Waals surface area contributed by atoms with E-state index in [9.17, 15) is 15.0 Å². The van der Waals surface area contributed by atoms with Gasteiger partial charge in [0.15, 0.2) is 0 Å². The number of hydrogen-bond donors (Lipinski definition) is 3. The van der Waals surface area contributed by atoms with Crippen molar-refractivity contribution >= 4 is 37.6 Å². The topological polar surface area (TPSA) is 69.6 Å². The van der Waals surface area contributed by atoms with Gasteiger partial charge in [0.2, 0.25) is 0 Å². The van der Waals surface area contributed by atoms with Crippen LogP contribution in [0.25, 0.3) is 0 Å². The molecule has 0 bridgehead atoms. The zero-order valence-corrected chi connectivity index (χ0v) is 17.0. The van der Waals surface area contributed by atoms with Gasteiger partial charge < -0.3 is 15.5 Å². The molecule has 0 unspecified atom stereocenters. The smallest absolute Gasteiger partial charge is 0.142 e. The third-order valence-corrected chi connectivity index (χ3v) is 5.89. The fraction of sp³-hybridized carbons (Fsp3) is 0.316. The summed E-state index contributed by atoms with van der Waals surface area (Å²) in [5.41, 5.74) is 1.34. The molecule has 132 valence electrons. The van der Waals surface area contributed by atoms with Gasteiger partial charge in [0.1, 0.15) is 17.3 Å². The van der Waals surface area contributed by atoms with E-state index in [1.807, 2.05) is 26.0 Å². The number of carbonyl (C=O) groups excluding carboxylic acids is 1. The van der Waals surface area contributed by atoms with Crippen LogP contribution in [0.3, 0.4) is 0 Å². The highest BCUT2D eigenvalue weighted by molar-refractivity contribution is 9.10. The Hall–Kier alpha value is -1.37. The van der Waals surface area contributed by atoms with E-state index in [1.165, 1.54) is 0 Å². The molecule has 0 saturated carbocycles. The van der Waals surface area contributed by atoms with E-state index in [1.54, 1.807) is 24.3 Å². The number of halogens is 2. The maximum absolute atomic E-state index is 12.9. The van der Waals surface area contributed by atoms with Gasteiger partial charge in [-0.05, 0) is 36.4 Å². The zero-order chi connectivity index (χ0) is 18.3. The zero-order valence-electron chi connectivity index (χ0n) is 13.8. The first kappa shape index (κ1) is 18.4. The van der Waals surface area contributed by atoms with Crippen LogP contribution in [0.4, 0.5) is 0 Å². The Morgan fingerprint density at radius 3 is 1.64 bits per heavy atom. The first-order valence-electron chi connectivity index (χ1n) is 8.06. The third-order valence-electron chi connectivity index (χ3n) is 4.91. The van der Waals surface area contributed by atoms with Gasteiger partial charge in [-0.15, -0.1) is 0 Å². The molecule has 4 nitrogen and oxygen atoms in total. The highest BCUT2D eigenvalue weighted by atomic mass is 79.9. The largest absolute Gasteiger partial charge is 0.508 e. The van der Waals surface area contributed by atoms with Gasteiger partial charge in [0, 0.05) is 44.0 Å². The Morgan fingerprint density at radius 2 is 1.24 bits per heavy atom. The first-order chi connectivity index (χ1) is 11.8. The predicted molar refractivity (Wildman–Crippen MR) is 104 cm³/mol. The predicted octanol–water partition coefficient (Wildman–Crippen LogP) is 4.85. The van der Waals surface area contributed by atoms with Crippen molar-refractivity contribution in [1.82, 2.24) is 5.32 Å². The third kappa shape index (κ3) is 3.48. The molecule has 0 spiro atoms. The van der Waals surface area contributed by atoms with Gasteiger partial charge in [0.05, 0.1) is 0 Å². The standard InChI is InChI=1S/C19H19Br2NO3/c1-9-17(13-7-11(20)3-5-15(13)23)22-18(10(2)19(9)25)14-8-12(21)4-6-16(14)24/h3-10,17-18,22-24H,1-2H3/t9-,10+,17-,18-/m1/s1. The van der Waals surface area contributed by atoms with E-state index in [2.05, 4.69) is 37.2 Å². The van der Waals surface area contributed by atoms with Crippen molar-refractivity contribution in [2.24, 2.45) is 11.8 Å². The molecule has 0 radical (unpaired) electrons. The molecule has 0 aliphatic carbocycles. The Balaban J connectivity index is 2.05. The lowest BCUT2D eigenvalue weighted by molar-refractivity contribution is -0.130. The van der Waals surface area contributed by atoms with Gasteiger partial charge >= 0.3 is 0 Å². The SMILES string of the molecule is C[C@@H]1C(=O)[C@H](C)[C@H](c2cc(Br)ccc2O)N[C@H]1c1cc(Br)ccc1O. The molecule has 1 aliphatic heterocycles. The van der Waals surface area contributed by atoms with Crippen molar-refractivity contribution in [3.8, 4) is 11.5 Å². The number of rotatable bonds is 2. The molecule has 3 N–H and O–H groups in total. The van der Waals surface area contributed by atoms with Crippen LogP contribution in [0.15, 0.2) is 45.3 Å². The maximum atomic E-state index is 12.9.